The molecule has 92 valence electrons. The number of hydrogen-bond donors (Lipinski definition) is 1. The van der Waals surface area contributed by atoms with Gasteiger partial charge in [-0.05, 0) is 22.6 Å². The van der Waals surface area contributed by atoms with Crippen LogP contribution in [0.1, 0.15) is 10.6 Å². The highest BCUT2D eigenvalue weighted by Gasteiger charge is 2.16. The summed E-state index contributed by atoms with van der Waals surface area (Å²) in [5, 5.41) is 0. The molecule has 0 amide bonds. The van der Waals surface area contributed by atoms with Crippen molar-refractivity contribution in [3.63, 3.8) is 0 Å². The fourth-order valence-corrected chi connectivity index (χ4v) is 1.99. The Bertz CT molecular complexity index is 587. The first-order valence-corrected chi connectivity index (χ1v) is 6.18. The average Bonchev–Trinajstić information content (AvgIpc) is 2.41. The van der Waals surface area contributed by atoms with E-state index in [1.807, 2.05) is 30.3 Å². The van der Waals surface area contributed by atoms with Gasteiger partial charge in [0.15, 0.2) is 0 Å². The van der Waals surface area contributed by atoms with Crippen molar-refractivity contribution in [2.45, 2.75) is 0 Å². The quantitative estimate of drug-likeness (QED) is 0.660. The Hall–Kier alpha value is -1.70. The Morgan fingerprint density at radius 3 is 2.56 bits per heavy atom. The number of carbonyl (C=O) groups excluding carboxylic acids is 1. The number of nitrogen functional groups attached to an aromatic ring is 1. The second kappa shape index (κ2) is 5.30. The van der Waals surface area contributed by atoms with Crippen LogP contribution in [0, 0.1) is 3.57 Å². The van der Waals surface area contributed by atoms with Gasteiger partial charge in [-0.3, -0.25) is 0 Å². The number of rotatable bonds is 2. The Morgan fingerprint density at radius 1 is 1.28 bits per heavy atom. The molecule has 18 heavy (non-hydrogen) atoms. The lowest BCUT2D eigenvalue weighted by Crippen LogP contribution is -2.11. The maximum absolute atomic E-state index is 11.5. The van der Waals surface area contributed by atoms with Gasteiger partial charge in [-0.25, -0.2) is 14.8 Å². The van der Waals surface area contributed by atoms with E-state index >= 15 is 0 Å². The van der Waals surface area contributed by atoms with Crippen LogP contribution in [0.15, 0.2) is 30.3 Å². The molecule has 0 saturated carbocycles. The molecule has 0 unspecified atom stereocenters. The molecule has 1 aromatic carbocycles. The van der Waals surface area contributed by atoms with Crippen LogP contribution in [-0.2, 0) is 4.74 Å². The molecule has 2 rings (SSSR count). The molecule has 6 heteroatoms. The number of nitrogens with zero attached hydrogens (tertiary/aromatic N) is 2. The number of halogens is 1. The summed E-state index contributed by atoms with van der Waals surface area (Å²) >= 11 is 2.06. The lowest BCUT2D eigenvalue weighted by atomic mass is 10.1. The molecule has 2 aromatic rings. The van der Waals surface area contributed by atoms with Gasteiger partial charge in [-0.1, -0.05) is 30.3 Å². The standard InChI is InChI=1S/C12H10IN3O2/c1-18-12(17)11-15-9(8(13)10(14)16-11)7-5-3-2-4-6-7/h2-6H,1H3,(H2,14,15,16). The summed E-state index contributed by atoms with van der Waals surface area (Å²) in [7, 11) is 1.28. The zero-order valence-corrected chi connectivity index (χ0v) is 11.7. The van der Waals surface area contributed by atoms with E-state index in [2.05, 4.69) is 37.3 Å². The van der Waals surface area contributed by atoms with Crippen LogP contribution in [0.2, 0.25) is 0 Å². The molecule has 0 fully saturated rings. The zero-order valence-electron chi connectivity index (χ0n) is 9.55. The molecule has 0 saturated heterocycles. The van der Waals surface area contributed by atoms with Crippen molar-refractivity contribution in [3.05, 3.63) is 39.7 Å². The number of esters is 1. The van der Waals surface area contributed by atoms with E-state index in [4.69, 9.17) is 5.73 Å². The number of methoxy groups -OCH3 is 1. The first kappa shape index (κ1) is 12.7. The maximum Gasteiger partial charge on any atom is 0.376 e. The van der Waals surface area contributed by atoms with Crippen molar-refractivity contribution in [2.24, 2.45) is 0 Å². The molecule has 2 N–H and O–H groups in total. The summed E-state index contributed by atoms with van der Waals surface area (Å²) in [6.07, 6.45) is 0. The molecule has 0 atom stereocenters. The number of ether oxygens (including phenoxy) is 1. The highest BCUT2D eigenvalue weighted by molar-refractivity contribution is 14.1. The Balaban J connectivity index is 2.60. The maximum atomic E-state index is 11.5. The van der Waals surface area contributed by atoms with Gasteiger partial charge in [0.2, 0.25) is 5.82 Å². The summed E-state index contributed by atoms with van der Waals surface area (Å²) in [5.74, 6) is -0.366. The van der Waals surface area contributed by atoms with Gasteiger partial charge in [-0.15, -0.1) is 0 Å². The van der Waals surface area contributed by atoms with Crippen LogP contribution in [0.25, 0.3) is 11.3 Å². The SMILES string of the molecule is COC(=O)c1nc(N)c(I)c(-c2ccccc2)n1. The Morgan fingerprint density at radius 2 is 1.94 bits per heavy atom. The molecule has 0 aliphatic heterocycles. The molecule has 1 heterocycles. The van der Waals surface area contributed by atoms with Gasteiger partial charge in [0.1, 0.15) is 5.82 Å². The van der Waals surface area contributed by atoms with Gasteiger partial charge >= 0.3 is 5.97 Å². The molecule has 1 aromatic heterocycles. The van der Waals surface area contributed by atoms with Gasteiger partial charge in [0.25, 0.3) is 0 Å². The molecule has 0 radical (unpaired) electrons. The van der Waals surface area contributed by atoms with Crippen molar-refractivity contribution in [1.29, 1.82) is 0 Å². The fourth-order valence-electron chi connectivity index (χ4n) is 1.43. The van der Waals surface area contributed by atoms with Gasteiger partial charge in [-0.2, -0.15) is 0 Å². The fraction of sp³-hybridized carbons (Fsp3) is 0.0833. The van der Waals surface area contributed by atoms with Gasteiger partial charge in [0, 0.05) is 5.56 Å². The molecular formula is C12H10IN3O2. The minimum Gasteiger partial charge on any atom is -0.463 e. The summed E-state index contributed by atoms with van der Waals surface area (Å²) in [4.78, 5) is 19.6. The van der Waals surface area contributed by atoms with Crippen LogP contribution in [0.3, 0.4) is 0 Å². The minimum absolute atomic E-state index is 0.0331. The van der Waals surface area contributed by atoms with Crippen LogP contribution in [0.5, 0.6) is 0 Å². The lowest BCUT2D eigenvalue weighted by Gasteiger charge is -2.07. The number of anilines is 1. The summed E-state index contributed by atoms with van der Waals surface area (Å²) in [5.41, 5.74) is 7.29. The second-order valence-electron chi connectivity index (χ2n) is 3.45. The average molecular weight is 355 g/mol. The van der Waals surface area contributed by atoms with E-state index in [0.717, 1.165) is 5.56 Å². The van der Waals surface area contributed by atoms with Crippen molar-refractivity contribution < 1.29 is 9.53 Å². The number of carbonyl (C=O) groups is 1. The smallest absolute Gasteiger partial charge is 0.376 e. The van der Waals surface area contributed by atoms with E-state index in [-0.39, 0.29) is 11.6 Å². The molecule has 0 aliphatic carbocycles. The van der Waals surface area contributed by atoms with E-state index < -0.39 is 5.97 Å². The van der Waals surface area contributed by atoms with Gasteiger partial charge < -0.3 is 10.5 Å². The third-order valence-electron chi connectivity index (χ3n) is 2.29. The molecule has 0 bridgehead atoms. The minimum atomic E-state index is -0.602. The number of benzene rings is 1. The predicted molar refractivity (Wildman–Crippen MR) is 75.9 cm³/mol. The molecule has 0 spiro atoms. The van der Waals surface area contributed by atoms with Crippen molar-refractivity contribution in [3.8, 4) is 11.3 Å². The number of aromatic nitrogens is 2. The molecular weight excluding hydrogens is 345 g/mol. The van der Waals surface area contributed by atoms with Crippen molar-refractivity contribution >= 4 is 34.4 Å². The highest BCUT2D eigenvalue weighted by atomic mass is 127. The number of nitrogens with two attached hydrogens (primary N) is 1. The second-order valence-corrected chi connectivity index (χ2v) is 4.53. The highest BCUT2D eigenvalue weighted by Crippen LogP contribution is 2.26. The summed E-state index contributed by atoms with van der Waals surface area (Å²) in [6.45, 7) is 0. The Kier molecular flexibility index (Phi) is 3.75. The summed E-state index contributed by atoms with van der Waals surface area (Å²) in [6, 6.07) is 9.47. The van der Waals surface area contributed by atoms with Crippen LogP contribution >= 0.6 is 22.6 Å². The molecule has 0 aliphatic rings. The lowest BCUT2D eigenvalue weighted by molar-refractivity contribution is 0.0587. The van der Waals surface area contributed by atoms with Crippen LogP contribution in [0.4, 0.5) is 5.82 Å². The third kappa shape index (κ3) is 2.42. The topological polar surface area (TPSA) is 78.1 Å². The van der Waals surface area contributed by atoms with Gasteiger partial charge in [0.05, 0.1) is 16.4 Å². The first-order chi connectivity index (χ1) is 8.63. The number of hydrogen-bond acceptors (Lipinski definition) is 5. The molecule has 5 nitrogen and oxygen atoms in total. The normalized spacial score (nSPS) is 10.1. The van der Waals surface area contributed by atoms with Crippen LogP contribution < -0.4 is 5.73 Å². The van der Waals surface area contributed by atoms with E-state index in [0.29, 0.717) is 9.26 Å². The zero-order chi connectivity index (χ0) is 13.1. The van der Waals surface area contributed by atoms with E-state index in [1.54, 1.807) is 0 Å². The van der Waals surface area contributed by atoms with Crippen molar-refractivity contribution in [2.75, 3.05) is 12.8 Å². The summed E-state index contributed by atoms with van der Waals surface area (Å²) < 4.78 is 5.31. The van der Waals surface area contributed by atoms with Crippen LogP contribution in [-0.4, -0.2) is 23.0 Å². The third-order valence-corrected chi connectivity index (χ3v) is 3.36. The van der Waals surface area contributed by atoms with Crippen molar-refractivity contribution in [1.82, 2.24) is 9.97 Å². The first-order valence-electron chi connectivity index (χ1n) is 5.10. The van der Waals surface area contributed by atoms with E-state index in [9.17, 15) is 4.79 Å². The largest absolute Gasteiger partial charge is 0.463 e. The Labute approximate surface area is 118 Å². The predicted octanol–water partition coefficient (Wildman–Crippen LogP) is 2.12. The van der Waals surface area contributed by atoms with E-state index in [1.165, 1.54) is 7.11 Å². The monoisotopic (exact) mass is 355 g/mol.